The van der Waals surface area contributed by atoms with Gasteiger partial charge >= 0.3 is 0 Å². The number of rotatable bonds is 15. The molecule has 180 valence electrons. The van der Waals surface area contributed by atoms with Crippen LogP contribution in [0.2, 0.25) is 5.02 Å². The van der Waals surface area contributed by atoms with Crippen molar-refractivity contribution >= 4 is 33.1 Å². The molecule has 3 heteroatoms. The molecular formula is C30H42ClNO. The first-order valence-electron chi connectivity index (χ1n) is 13.1. The van der Waals surface area contributed by atoms with Crippen LogP contribution < -0.4 is 0 Å². The number of halogens is 1. The second-order valence-electron chi connectivity index (χ2n) is 9.53. The van der Waals surface area contributed by atoms with Crippen molar-refractivity contribution in [3.8, 4) is 0 Å². The van der Waals surface area contributed by atoms with Gasteiger partial charge in [0, 0.05) is 17.0 Å². The Labute approximate surface area is 205 Å². The minimum absolute atomic E-state index is 0.477. The van der Waals surface area contributed by atoms with E-state index >= 15 is 0 Å². The lowest BCUT2D eigenvalue weighted by Crippen LogP contribution is -2.31. The number of benzene rings is 3. The van der Waals surface area contributed by atoms with Gasteiger partial charge in [-0.05, 0) is 59.8 Å². The van der Waals surface area contributed by atoms with Crippen LogP contribution >= 0.6 is 11.6 Å². The van der Waals surface area contributed by atoms with E-state index in [1.807, 2.05) is 12.1 Å². The largest absolute Gasteiger partial charge is 0.387 e. The predicted molar refractivity (Wildman–Crippen MR) is 145 cm³/mol. The summed E-state index contributed by atoms with van der Waals surface area (Å²) in [6.45, 7) is 7.40. The van der Waals surface area contributed by atoms with Crippen LogP contribution in [0.3, 0.4) is 0 Å². The van der Waals surface area contributed by atoms with Crippen molar-refractivity contribution in [2.24, 2.45) is 0 Å². The SMILES string of the molecule is CCCCCCCN(CCCCCCC)CC(O)c1ccc2cc(Cl)c3ccccc3c2c1. The zero-order chi connectivity index (χ0) is 23.5. The highest BCUT2D eigenvalue weighted by molar-refractivity contribution is 6.37. The molecule has 0 amide bonds. The van der Waals surface area contributed by atoms with Gasteiger partial charge in [0.15, 0.2) is 0 Å². The summed E-state index contributed by atoms with van der Waals surface area (Å²) in [5.74, 6) is 0. The Morgan fingerprint density at radius 3 is 1.97 bits per heavy atom. The molecule has 0 heterocycles. The summed E-state index contributed by atoms with van der Waals surface area (Å²) in [5, 5.41) is 16.5. The van der Waals surface area contributed by atoms with E-state index in [0.717, 1.165) is 45.2 Å². The fraction of sp³-hybridized carbons (Fsp3) is 0.533. The van der Waals surface area contributed by atoms with Crippen LogP contribution in [0.15, 0.2) is 48.5 Å². The third-order valence-electron chi connectivity index (χ3n) is 6.81. The first-order valence-corrected chi connectivity index (χ1v) is 13.5. The molecule has 3 aromatic carbocycles. The van der Waals surface area contributed by atoms with Crippen LogP contribution in [0.4, 0.5) is 0 Å². The summed E-state index contributed by atoms with van der Waals surface area (Å²) >= 11 is 6.51. The second-order valence-corrected chi connectivity index (χ2v) is 9.94. The molecule has 0 saturated heterocycles. The van der Waals surface area contributed by atoms with Crippen molar-refractivity contribution < 1.29 is 5.11 Å². The molecular weight excluding hydrogens is 426 g/mol. The van der Waals surface area contributed by atoms with Crippen LogP contribution in [-0.4, -0.2) is 29.6 Å². The predicted octanol–water partition coefficient (Wildman–Crippen LogP) is 8.92. The third-order valence-corrected chi connectivity index (χ3v) is 7.12. The molecule has 0 bridgehead atoms. The van der Waals surface area contributed by atoms with Gasteiger partial charge in [0.05, 0.1) is 6.10 Å². The van der Waals surface area contributed by atoms with E-state index in [1.54, 1.807) is 0 Å². The van der Waals surface area contributed by atoms with Gasteiger partial charge in [-0.25, -0.2) is 0 Å². The van der Waals surface area contributed by atoms with Crippen molar-refractivity contribution in [3.63, 3.8) is 0 Å². The Balaban J connectivity index is 1.70. The highest BCUT2D eigenvalue weighted by Gasteiger charge is 2.15. The lowest BCUT2D eigenvalue weighted by atomic mass is 9.98. The van der Waals surface area contributed by atoms with Crippen LogP contribution in [0.1, 0.15) is 89.7 Å². The number of hydrogen-bond acceptors (Lipinski definition) is 2. The summed E-state index contributed by atoms with van der Waals surface area (Å²) in [4.78, 5) is 2.49. The molecule has 0 radical (unpaired) electrons. The normalized spacial score (nSPS) is 12.8. The molecule has 0 aliphatic carbocycles. The monoisotopic (exact) mass is 467 g/mol. The molecule has 3 rings (SSSR count). The maximum atomic E-state index is 11.2. The van der Waals surface area contributed by atoms with Crippen LogP contribution in [-0.2, 0) is 0 Å². The Morgan fingerprint density at radius 2 is 1.33 bits per heavy atom. The molecule has 0 fully saturated rings. The molecule has 33 heavy (non-hydrogen) atoms. The summed E-state index contributed by atoms with van der Waals surface area (Å²) in [6.07, 6.45) is 12.4. The topological polar surface area (TPSA) is 23.5 Å². The zero-order valence-electron chi connectivity index (χ0n) is 20.7. The van der Waals surface area contributed by atoms with E-state index in [9.17, 15) is 5.11 Å². The van der Waals surface area contributed by atoms with Crippen LogP contribution in [0, 0.1) is 0 Å². The standard InChI is InChI=1S/C30H42ClNO/c1-3-5-7-9-13-19-32(20-14-10-8-6-4-2)23-30(33)25-18-17-24-22-29(31)27-16-12-11-15-26(27)28(24)21-25/h11-12,15-18,21-22,30,33H,3-10,13-14,19-20,23H2,1-2H3. The van der Waals surface area contributed by atoms with Gasteiger partial charge in [0.1, 0.15) is 0 Å². The molecule has 1 atom stereocenters. The van der Waals surface area contributed by atoms with E-state index in [1.165, 1.54) is 64.2 Å². The smallest absolute Gasteiger partial charge is 0.0917 e. The number of aliphatic hydroxyl groups is 1. The molecule has 0 spiro atoms. The average Bonchev–Trinajstić information content (AvgIpc) is 2.83. The van der Waals surface area contributed by atoms with E-state index in [2.05, 4.69) is 55.1 Å². The van der Waals surface area contributed by atoms with Gasteiger partial charge in [-0.3, -0.25) is 0 Å². The fourth-order valence-corrected chi connectivity index (χ4v) is 5.09. The van der Waals surface area contributed by atoms with Crippen LogP contribution in [0.5, 0.6) is 0 Å². The zero-order valence-corrected chi connectivity index (χ0v) is 21.4. The minimum atomic E-state index is -0.477. The third kappa shape index (κ3) is 7.70. The molecule has 3 aromatic rings. The Morgan fingerprint density at radius 1 is 0.727 bits per heavy atom. The molecule has 1 unspecified atom stereocenters. The molecule has 0 saturated carbocycles. The minimum Gasteiger partial charge on any atom is -0.387 e. The maximum absolute atomic E-state index is 11.2. The quantitative estimate of drug-likeness (QED) is 0.178. The molecule has 2 nitrogen and oxygen atoms in total. The fourth-order valence-electron chi connectivity index (χ4n) is 4.80. The lowest BCUT2D eigenvalue weighted by molar-refractivity contribution is 0.110. The van der Waals surface area contributed by atoms with Crippen molar-refractivity contribution in [2.45, 2.75) is 84.2 Å². The average molecular weight is 468 g/mol. The summed E-state index contributed by atoms with van der Waals surface area (Å²) in [5.41, 5.74) is 0.997. The molecule has 1 N–H and O–H groups in total. The Kier molecular flexibility index (Phi) is 11.0. The van der Waals surface area contributed by atoms with E-state index in [4.69, 9.17) is 11.6 Å². The summed E-state index contributed by atoms with van der Waals surface area (Å²) < 4.78 is 0. The van der Waals surface area contributed by atoms with Gasteiger partial charge in [0.2, 0.25) is 0 Å². The van der Waals surface area contributed by atoms with Gasteiger partial charge in [-0.1, -0.05) is 113 Å². The van der Waals surface area contributed by atoms with Gasteiger partial charge in [-0.2, -0.15) is 0 Å². The van der Waals surface area contributed by atoms with Crippen molar-refractivity contribution in [1.29, 1.82) is 0 Å². The van der Waals surface area contributed by atoms with Crippen molar-refractivity contribution in [1.82, 2.24) is 4.90 Å². The van der Waals surface area contributed by atoms with E-state index < -0.39 is 6.10 Å². The summed E-state index contributed by atoms with van der Waals surface area (Å²) in [7, 11) is 0. The Bertz CT molecular complexity index is 972. The van der Waals surface area contributed by atoms with E-state index in [-0.39, 0.29) is 0 Å². The van der Waals surface area contributed by atoms with Gasteiger partial charge in [0.25, 0.3) is 0 Å². The number of fused-ring (bicyclic) bond motifs is 3. The molecule has 0 aliphatic heterocycles. The Hall–Kier alpha value is -1.61. The number of nitrogens with zero attached hydrogens (tertiary/aromatic N) is 1. The van der Waals surface area contributed by atoms with Crippen LogP contribution in [0.25, 0.3) is 21.5 Å². The highest BCUT2D eigenvalue weighted by Crippen LogP contribution is 2.33. The van der Waals surface area contributed by atoms with E-state index in [0.29, 0.717) is 6.54 Å². The summed E-state index contributed by atoms with van der Waals surface area (Å²) in [6, 6.07) is 16.6. The number of hydrogen-bond donors (Lipinski definition) is 1. The lowest BCUT2D eigenvalue weighted by Gasteiger charge is -2.25. The molecule has 0 aliphatic rings. The highest BCUT2D eigenvalue weighted by atomic mass is 35.5. The first-order chi connectivity index (χ1) is 16.1. The van der Waals surface area contributed by atoms with Crippen molar-refractivity contribution in [3.05, 3.63) is 59.1 Å². The van der Waals surface area contributed by atoms with Crippen molar-refractivity contribution in [2.75, 3.05) is 19.6 Å². The maximum Gasteiger partial charge on any atom is 0.0917 e. The first kappa shape index (κ1) is 26.0. The second kappa shape index (κ2) is 13.9. The van der Waals surface area contributed by atoms with Gasteiger partial charge in [-0.15, -0.1) is 0 Å². The number of unbranched alkanes of at least 4 members (excludes halogenated alkanes) is 8. The number of aliphatic hydroxyl groups excluding tert-OH is 1. The van der Waals surface area contributed by atoms with Gasteiger partial charge < -0.3 is 10.0 Å². The molecule has 0 aromatic heterocycles.